The fourth-order valence-corrected chi connectivity index (χ4v) is 5.51. The van der Waals surface area contributed by atoms with E-state index in [0.29, 0.717) is 6.54 Å². The molecule has 0 unspecified atom stereocenters. The molecule has 2 atom stereocenters. The van der Waals surface area contributed by atoms with Gasteiger partial charge in [0.1, 0.15) is 6.54 Å². The molecule has 1 aliphatic carbocycles. The summed E-state index contributed by atoms with van der Waals surface area (Å²) in [6.07, 6.45) is 2.89. The Morgan fingerprint density at radius 3 is 2.54 bits per heavy atom. The van der Waals surface area contributed by atoms with E-state index >= 15 is 0 Å². The molecule has 28 heavy (non-hydrogen) atoms. The standard InChI is InChI=1S/C20H23N3O5/c1-19(2)7-13-8-20(3,10-19)11-22(13)16(24)9-21-17(25)14-5-4-12(23(27)28)6-15(14)18(21)26/h4-6,13H,7-11H2,1-3H3/t13-,20-/m1/s1. The lowest BCUT2D eigenvalue weighted by atomic mass is 9.65. The minimum Gasteiger partial charge on any atom is -0.338 e. The molecule has 1 aromatic rings. The summed E-state index contributed by atoms with van der Waals surface area (Å²) in [6.45, 7) is 6.92. The zero-order valence-corrected chi connectivity index (χ0v) is 16.2. The summed E-state index contributed by atoms with van der Waals surface area (Å²) in [5, 5.41) is 10.9. The van der Waals surface area contributed by atoms with Crippen LogP contribution in [0.5, 0.6) is 0 Å². The number of benzene rings is 1. The molecule has 1 saturated heterocycles. The summed E-state index contributed by atoms with van der Waals surface area (Å²) in [6, 6.07) is 3.70. The number of carbonyl (C=O) groups excluding carboxylic acids is 3. The molecule has 1 saturated carbocycles. The number of hydrogen-bond acceptors (Lipinski definition) is 5. The first-order valence-electron chi connectivity index (χ1n) is 9.44. The van der Waals surface area contributed by atoms with Crippen molar-refractivity contribution in [2.24, 2.45) is 10.8 Å². The molecule has 148 valence electrons. The van der Waals surface area contributed by atoms with Crippen LogP contribution in [0.2, 0.25) is 0 Å². The fourth-order valence-electron chi connectivity index (χ4n) is 5.51. The van der Waals surface area contributed by atoms with Gasteiger partial charge in [-0.3, -0.25) is 29.4 Å². The van der Waals surface area contributed by atoms with E-state index in [1.54, 1.807) is 0 Å². The topological polar surface area (TPSA) is 101 Å². The van der Waals surface area contributed by atoms with Gasteiger partial charge in [-0.2, -0.15) is 0 Å². The van der Waals surface area contributed by atoms with E-state index in [9.17, 15) is 24.5 Å². The predicted molar refractivity (Wildman–Crippen MR) is 99.7 cm³/mol. The minimum absolute atomic E-state index is 0.0136. The summed E-state index contributed by atoms with van der Waals surface area (Å²) in [5.41, 5.74) is 0.0553. The average Bonchev–Trinajstić information content (AvgIpc) is 2.98. The van der Waals surface area contributed by atoms with Gasteiger partial charge in [0.05, 0.1) is 16.1 Å². The van der Waals surface area contributed by atoms with Crippen molar-refractivity contribution < 1.29 is 19.3 Å². The molecule has 1 aromatic carbocycles. The number of hydrogen-bond donors (Lipinski definition) is 0. The smallest absolute Gasteiger partial charge is 0.270 e. The Bertz CT molecular complexity index is 924. The van der Waals surface area contributed by atoms with E-state index in [-0.39, 0.29) is 46.1 Å². The largest absolute Gasteiger partial charge is 0.338 e. The quantitative estimate of drug-likeness (QED) is 0.452. The van der Waals surface area contributed by atoms with E-state index in [1.165, 1.54) is 12.1 Å². The number of nitro groups is 1. The van der Waals surface area contributed by atoms with Crippen LogP contribution in [0.3, 0.4) is 0 Å². The maximum absolute atomic E-state index is 13.0. The van der Waals surface area contributed by atoms with Crippen LogP contribution in [-0.2, 0) is 4.79 Å². The zero-order valence-electron chi connectivity index (χ0n) is 16.2. The second-order valence-electron chi connectivity index (χ2n) is 9.42. The molecule has 0 aromatic heterocycles. The van der Waals surface area contributed by atoms with Crippen LogP contribution in [0.15, 0.2) is 18.2 Å². The third-order valence-corrected chi connectivity index (χ3v) is 6.19. The highest BCUT2D eigenvalue weighted by molar-refractivity contribution is 6.22. The number of nitro benzene ring substituents is 1. The summed E-state index contributed by atoms with van der Waals surface area (Å²) in [5.74, 6) is -1.46. The molecule has 8 nitrogen and oxygen atoms in total. The Hall–Kier alpha value is -2.77. The van der Waals surface area contributed by atoms with Gasteiger partial charge in [0, 0.05) is 24.7 Å². The van der Waals surface area contributed by atoms with Crippen molar-refractivity contribution in [3.05, 3.63) is 39.4 Å². The molecule has 2 fully saturated rings. The van der Waals surface area contributed by atoms with Gasteiger partial charge in [0.25, 0.3) is 17.5 Å². The van der Waals surface area contributed by atoms with E-state index in [4.69, 9.17) is 0 Å². The van der Waals surface area contributed by atoms with Gasteiger partial charge in [-0.1, -0.05) is 20.8 Å². The van der Waals surface area contributed by atoms with Gasteiger partial charge in [-0.05, 0) is 36.2 Å². The molecule has 0 radical (unpaired) electrons. The van der Waals surface area contributed by atoms with Gasteiger partial charge in [0.2, 0.25) is 5.91 Å². The van der Waals surface area contributed by atoms with Crippen LogP contribution < -0.4 is 0 Å². The molecule has 0 N–H and O–H groups in total. The molecule has 3 aliphatic rings. The van der Waals surface area contributed by atoms with Gasteiger partial charge in [0.15, 0.2) is 0 Å². The van der Waals surface area contributed by atoms with Crippen molar-refractivity contribution in [1.29, 1.82) is 0 Å². The Morgan fingerprint density at radius 2 is 1.86 bits per heavy atom. The Labute approximate surface area is 162 Å². The predicted octanol–water partition coefficient (Wildman–Crippen LogP) is 2.62. The van der Waals surface area contributed by atoms with Crippen LogP contribution >= 0.6 is 0 Å². The lowest BCUT2D eigenvalue weighted by Gasteiger charge is -2.39. The second-order valence-corrected chi connectivity index (χ2v) is 9.42. The molecule has 2 bridgehead atoms. The van der Waals surface area contributed by atoms with Gasteiger partial charge >= 0.3 is 0 Å². The normalized spacial score (nSPS) is 27.9. The van der Waals surface area contributed by atoms with Gasteiger partial charge < -0.3 is 4.90 Å². The maximum atomic E-state index is 13.0. The number of likely N-dealkylation sites (tertiary alicyclic amines) is 1. The minimum atomic E-state index is -0.647. The van der Waals surface area contributed by atoms with Crippen LogP contribution in [0.4, 0.5) is 5.69 Å². The Morgan fingerprint density at radius 1 is 1.18 bits per heavy atom. The van der Waals surface area contributed by atoms with Crippen molar-refractivity contribution in [1.82, 2.24) is 9.80 Å². The number of non-ortho nitro benzene ring substituents is 1. The Balaban J connectivity index is 1.54. The summed E-state index contributed by atoms with van der Waals surface area (Å²) in [7, 11) is 0. The van der Waals surface area contributed by atoms with Gasteiger partial charge in [-0.25, -0.2) is 0 Å². The monoisotopic (exact) mass is 385 g/mol. The summed E-state index contributed by atoms with van der Waals surface area (Å²) < 4.78 is 0. The Kier molecular flexibility index (Phi) is 3.89. The highest BCUT2D eigenvalue weighted by atomic mass is 16.6. The van der Waals surface area contributed by atoms with Crippen LogP contribution in [-0.4, -0.2) is 51.6 Å². The van der Waals surface area contributed by atoms with E-state index < -0.39 is 16.7 Å². The maximum Gasteiger partial charge on any atom is 0.270 e. The van der Waals surface area contributed by atoms with E-state index in [1.807, 2.05) is 4.90 Å². The third kappa shape index (κ3) is 2.87. The number of nitrogens with zero attached hydrogens (tertiary/aromatic N) is 3. The molecule has 2 aliphatic heterocycles. The SMILES string of the molecule is CC1(C)C[C@@H]2C[C@@](C)(CN2C(=O)CN2C(=O)c3ccc([N+](=O)[O-])cc3C2=O)C1. The second kappa shape index (κ2) is 5.86. The third-order valence-electron chi connectivity index (χ3n) is 6.19. The number of carbonyl (C=O) groups is 3. The number of fused-ring (bicyclic) bond motifs is 3. The summed E-state index contributed by atoms with van der Waals surface area (Å²) in [4.78, 5) is 51.3. The number of amides is 3. The van der Waals surface area contributed by atoms with Crippen LogP contribution in [0.25, 0.3) is 0 Å². The number of imide groups is 1. The van der Waals surface area contributed by atoms with Crippen molar-refractivity contribution in [2.45, 2.75) is 46.1 Å². The zero-order chi connectivity index (χ0) is 20.4. The molecule has 0 spiro atoms. The van der Waals surface area contributed by atoms with E-state index in [2.05, 4.69) is 20.8 Å². The lowest BCUT2D eigenvalue weighted by molar-refractivity contribution is -0.384. The molecule has 4 rings (SSSR count). The van der Waals surface area contributed by atoms with Crippen LogP contribution in [0, 0.1) is 20.9 Å². The number of rotatable bonds is 3. The highest BCUT2D eigenvalue weighted by Gasteiger charge is 2.51. The molecule has 8 heteroatoms. The van der Waals surface area contributed by atoms with E-state index in [0.717, 1.165) is 30.2 Å². The highest BCUT2D eigenvalue weighted by Crippen LogP contribution is 2.52. The van der Waals surface area contributed by atoms with Crippen LogP contribution in [0.1, 0.15) is 60.7 Å². The van der Waals surface area contributed by atoms with Gasteiger partial charge in [-0.15, -0.1) is 0 Å². The molecule has 3 amide bonds. The average molecular weight is 385 g/mol. The summed E-state index contributed by atoms with van der Waals surface area (Å²) >= 11 is 0. The first-order valence-corrected chi connectivity index (χ1v) is 9.44. The molecular weight excluding hydrogens is 362 g/mol. The fraction of sp³-hybridized carbons (Fsp3) is 0.550. The van der Waals surface area contributed by atoms with Crippen molar-refractivity contribution >= 4 is 23.4 Å². The van der Waals surface area contributed by atoms with Crippen molar-refractivity contribution in [3.63, 3.8) is 0 Å². The van der Waals surface area contributed by atoms with Crippen molar-refractivity contribution in [2.75, 3.05) is 13.1 Å². The first-order chi connectivity index (χ1) is 13.0. The molecule has 2 heterocycles. The lowest BCUT2D eigenvalue weighted by Crippen LogP contribution is -2.45. The first kappa shape index (κ1) is 18.6. The molecular formula is C20H23N3O5. The van der Waals surface area contributed by atoms with Crippen molar-refractivity contribution in [3.8, 4) is 0 Å².